The van der Waals surface area contributed by atoms with Crippen molar-refractivity contribution in [1.82, 2.24) is 20.3 Å². The van der Waals surface area contributed by atoms with Crippen LogP contribution in [-0.4, -0.2) is 71.2 Å². The number of amides is 1. The largest absolute Gasteiger partial charge is 0.508 e. The topological polar surface area (TPSA) is 106 Å². The number of aromatic hydroxyl groups is 1. The van der Waals surface area contributed by atoms with Crippen molar-refractivity contribution in [2.24, 2.45) is 4.99 Å². The molecule has 0 saturated carbocycles. The van der Waals surface area contributed by atoms with Gasteiger partial charge in [-0.05, 0) is 38.1 Å². The monoisotopic (exact) mass is 400 g/mol. The summed E-state index contributed by atoms with van der Waals surface area (Å²) in [5.41, 5.74) is 1.58. The Labute approximate surface area is 170 Å². The molecule has 1 amide bonds. The molecule has 29 heavy (non-hydrogen) atoms. The molecule has 0 atom stereocenters. The summed E-state index contributed by atoms with van der Waals surface area (Å²) >= 11 is 0. The number of anilines is 1. The number of nitrogens with zero attached hydrogens (tertiary/aromatic N) is 4. The highest BCUT2D eigenvalue weighted by molar-refractivity contribution is 5.94. The molecular formula is C20H28N6O3. The van der Waals surface area contributed by atoms with Gasteiger partial charge >= 0.3 is 0 Å². The lowest BCUT2D eigenvalue weighted by Crippen LogP contribution is -2.52. The first-order valence-corrected chi connectivity index (χ1v) is 9.80. The summed E-state index contributed by atoms with van der Waals surface area (Å²) in [6.45, 7) is 8.85. The number of carbonyl (C=O) groups is 1. The molecule has 2 heterocycles. The minimum atomic E-state index is -0.203. The van der Waals surface area contributed by atoms with E-state index >= 15 is 0 Å². The van der Waals surface area contributed by atoms with E-state index in [4.69, 9.17) is 4.52 Å². The van der Waals surface area contributed by atoms with E-state index in [2.05, 4.69) is 30.6 Å². The molecule has 1 aliphatic rings. The lowest BCUT2D eigenvalue weighted by Gasteiger charge is -2.36. The van der Waals surface area contributed by atoms with E-state index in [-0.39, 0.29) is 18.2 Å². The third kappa shape index (κ3) is 6.21. The van der Waals surface area contributed by atoms with Gasteiger partial charge in [0.05, 0.1) is 5.69 Å². The number of phenolic OH excluding ortho intramolecular Hbond substituents is 1. The van der Waals surface area contributed by atoms with Crippen molar-refractivity contribution >= 4 is 17.6 Å². The van der Waals surface area contributed by atoms with Crippen LogP contribution in [0.3, 0.4) is 0 Å². The maximum absolute atomic E-state index is 12.2. The third-order valence-electron chi connectivity index (χ3n) is 4.59. The molecule has 0 bridgehead atoms. The number of carbonyl (C=O) groups excluding carboxylic acids is 1. The fraction of sp³-hybridized carbons (Fsp3) is 0.450. The Balaban J connectivity index is 1.51. The van der Waals surface area contributed by atoms with Crippen molar-refractivity contribution in [2.75, 3.05) is 44.6 Å². The highest BCUT2D eigenvalue weighted by Gasteiger charge is 2.20. The van der Waals surface area contributed by atoms with Crippen molar-refractivity contribution < 1.29 is 14.4 Å². The Hall–Kier alpha value is -3.07. The molecule has 1 aromatic carbocycles. The molecule has 1 aromatic heterocycles. The van der Waals surface area contributed by atoms with Gasteiger partial charge in [0.1, 0.15) is 18.1 Å². The van der Waals surface area contributed by atoms with Crippen molar-refractivity contribution in [2.45, 2.75) is 20.4 Å². The van der Waals surface area contributed by atoms with E-state index in [1.807, 2.05) is 19.9 Å². The molecule has 156 valence electrons. The van der Waals surface area contributed by atoms with E-state index in [1.54, 1.807) is 12.1 Å². The van der Waals surface area contributed by atoms with E-state index in [1.165, 1.54) is 12.1 Å². The van der Waals surface area contributed by atoms with E-state index < -0.39 is 0 Å². The molecule has 1 aliphatic heterocycles. The van der Waals surface area contributed by atoms with Gasteiger partial charge in [0, 0.05) is 51.0 Å². The molecule has 3 N–H and O–H groups in total. The number of piperazine rings is 1. The molecule has 0 spiro atoms. The quantitative estimate of drug-likeness (QED) is 0.382. The number of benzene rings is 1. The number of hydrogen-bond acceptors (Lipinski definition) is 6. The molecular weight excluding hydrogens is 372 g/mol. The zero-order chi connectivity index (χ0) is 20.6. The second kappa shape index (κ2) is 9.92. The Morgan fingerprint density at radius 1 is 1.24 bits per heavy atom. The summed E-state index contributed by atoms with van der Waals surface area (Å²) in [5.74, 6) is 1.52. The number of guanidine groups is 1. The second-order valence-corrected chi connectivity index (χ2v) is 6.96. The number of rotatable bonds is 6. The first kappa shape index (κ1) is 20.7. The molecule has 0 aliphatic carbocycles. The lowest BCUT2D eigenvalue weighted by molar-refractivity contribution is -0.114. The smallest absolute Gasteiger partial charge is 0.246 e. The maximum atomic E-state index is 12.2. The maximum Gasteiger partial charge on any atom is 0.246 e. The first-order chi connectivity index (χ1) is 14.0. The number of aromatic nitrogens is 1. The van der Waals surface area contributed by atoms with Crippen LogP contribution in [0.2, 0.25) is 0 Å². The fourth-order valence-corrected chi connectivity index (χ4v) is 3.16. The van der Waals surface area contributed by atoms with Gasteiger partial charge in [-0.3, -0.25) is 9.69 Å². The van der Waals surface area contributed by atoms with Crippen LogP contribution < -0.4 is 10.6 Å². The van der Waals surface area contributed by atoms with Gasteiger partial charge in [0.2, 0.25) is 5.91 Å². The zero-order valence-electron chi connectivity index (χ0n) is 16.9. The highest BCUT2D eigenvalue weighted by atomic mass is 16.5. The number of nitrogens with one attached hydrogen (secondary N) is 2. The summed E-state index contributed by atoms with van der Waals surface area (Å²) in [4.78, 5) is 21.2. The van der Waals surface area contributed by atoms with Gasteiger partial charge < -0.3 is 25.2 Å². The average molecular weight is 400 g/mol. The van der Waals surface area contributed by atoms with Crippen LogP contribution in [0.5, 0.6) is 5.75 Å². The van der Waals surface area contributed by atoms with Crippen molar-refractivity contribution in [3.05, 3.63) is 41.8 Å². The van der Waals surface area contributed by atoms with Crippen LogP contribution >= 0.6 is 0 Å². The number of phenols is 1. The van der Waals surface area contributed by atoms with Gasteiger partial charge in [-0.2, -0.15) is 0 Å². The Morgan fingerprint density at radius 3 is 2.59 bits per heavy atom. The van der Waals surface area contributed by atoms with Crippen molar-refractivity contribution in [1.29, 1.82) is 0 Å². The van der Waals surface area contributed by atoms with Crippen molar-refractivity contribution in [3.8, 4) is 5.75 Å². The van der Waals surface area contributed by atoms with Gasteiger partial charge in [-0.1, -0.05) is 5.16 Å². The molecule has 3 rings (SSSR count). The highest BCUT2D eigenvalue weighted by Crippen LogP contribution is 2.13. The average Bonchev–Trinajstić information content (AvgIpc) is 3.12. The minimum absolute atomic E-state index is 0.0294. The first-order valence-electron chi connectivity index (χ1n) is 9.80. The van der Waals surface area contributed by atoms with Crippen LogP contribution in [0, 0.1) is 6.92 Å². The Bertz CT molecular complexity index is 825. The summed E-state index contributed by atoms with van der Waals surface area (Å²) in [5, 5.41) is 19.4. The Kier molecular flexibility index (Phi) is 7.07. The summed E-state index contributed by atoms with van der Waals surface area (Å²) in [7, 11) is 0. The van der Waals surface area contributed by atoms with Gasteiger partial charge in [-0.25, -0.2) is 4.99 Å². The molecule has 1 fully saturated rings. The van der Waals surface area contributed by atoms with Crippen LogP contribution in [0.15, 0.2) is 39.8 Å². The predicted molar refractivity (Wildman–Crippen MR) is 111 cm³/mol. The molecule has 0 radical (unpaired) electrons. The number of hydrogen-bond donors (Lipinski definition) is 3. The van der Waals surface area contributed by atoms with Gasteiger partial charge in [-0.15, -0.1) is 0 Å². The van der Waals surface area contributed by atoms with E-state index in [0.29, 0.717) is 5.69 Å². The van der Waals surface area contributed by atoms with Crippen LogP contribution in [0.1, 0.15) is 18.4 Å². The molecule has 0 unspecified atom stereocenters. The van der Waals surface area contributed by atoms with Crippen molar-refractivity contribution in [3.63, 3.8) is 0 Å². The normalized spacial score (nSPS) is 15.4. The molecule has 1 saturated heterocycles. The summed E-state index contributed by atoms with van der Waals surface area (Å²) in [6, 6.07) is 8.33. The van der Waals surface area contributed by atoms with E-state index in [0.717, 1.165) is 56.7 Å². The number of aliphatic imine (C=N–C) groups is 1. The SMILES string of the molecule is CCNC(=NCC(=O)Nc1ccc(O)cc1)N1CCN(Cc2cc(C)on2)CC1. The van der Waals surface area contributed by atoms with Gasteiger partial charge in [0.25, 0.3) is 0 Å². The number of aryl methyl sites for hydroxylation is 1. The van der Waals surface area contributed by atoms with Crippen LogP contribution in [0.4, 0.5) is 5.69 Å². The van der Waals surface area contributed by atoms with Crippen LogP contribution in [-0.2, 0) is 11.3 Å². The standard InChI is InChI=1S/C20H28N6O3/c1-3-21-20(22-13-19(28)23-16-4-6-18(27)7-5-16)26-10-8-25(9-11-26)14-17-12-15(2)29-24-17/h4-7,12,27H,3,8-11,13-14H2,1-2H3,(H,21,22)(H,23,28). The predicted octanol–water partition coefficient (Wildman–Crippen LogP) is 1.41. The summed E-state index contributed by atoms with van der Waals surface area (Å²) < 4.78 is 5.13. The third-order valence-corrected chi connectivity index (χ3v) is 4.59. The second-order valence-electron chi connectivity index (χ2n) is 6.96. The van der Waals surface area contributed by atoms with E-state index in [9.17, 15) is 9.90 Å². The molecule has 9 heteroatoms. The zero-order valence-corrected chi connectivity index (χ0v) is 16.9. The molecule has 9 nitrogen and oxygen atoms in total. The van der Waals surface area contributed by atoms with Gasteiger partial charge in [0.15, 0.2) is 5.96 Å². The van der Waals surface area contributed by atoms with Crippen LogP contribution in [0.25, 0.3) is 0 Å². The Morgan fingerprint density at radius 2 is 1.97 bits per heavy atom. The fourth-order valence-electron chi connectivity index (χ4n) is 3.16. The molecule has 2 aromatic rings. The lowest BCUT2D eigenvalue weighted by atomic mass is 10.3. The minimum Gasteiger partial charge on any atom is -0.508 e. The summed E-state index contributed by atoms with van der Waals surface area (Å²) in [6.07, 6.45) is 0.